The molecule has 0 aliphatic heterocycles. The van der Waals surface area contributed by atoms with Gasteiger partial charge in [0.2, 0.25) is 0 Å². The summed E-state index contributed by atoms with van der Waals surface area (Å²) in [6, 6.07) is 4.45. The van der Waals surface area contributed by atoms with Crippen molar-refractivity contribution < 1.29 is 22.8 Å². The van der Waals surface area contributed by atoms with E-state index in [0.29, 0.717) is 17.0 Å². The van der Waals surface area contributed by atoms with Crippen LogP contribution in [0.3, 0.4) is 0 Å². The second-order valence-corrected chi connectivity index (χ2v) is 4.75. The first-order valence-corrected chi connectivity index (χ1v) is 6.37. The molecule has 3 nitrogen and oxygen atoms in total. The standard InChI is InChI=1S/C13H8F3NO2S/c14-7-3-4-8(15)12(16)11(7)13(19)17-6-9(18)10-2-1-5-20-10/h1-5H,6H2,(H,17,19). The number of hydrogen-bond acceptors (Lipinski definition) is 3. The van der Waals surface area contributed by atoms with Gasteiger partial charge < -0.3 is 5.32 Å². The molecule has 1 amide bonds. The molecule has 7 heteroatoms. The van der Waals surface area contributed by atoms with Gasteiger partial charge in [0.05, 0.1) is 11.4 Å². The molecule has 0 radical (unpaired) electrons. The third-order valence-electron chi connectivity index (χ3n) is 2.48. The van der Waals surface area contributed by atoms with E-state index in [0.717, 1.165) is 0 Å². The predicted octanol–water partition coefficient (Wildman–Crippen LogP) is 2.78. The highest BCUT2D eigenvalue weighted by molar-refractivity contribution is 7.12. The molecule has 0 unspecified atom stereocenters. The van der Waals surface area contributed by atoms with E-state index in [1.54, 1.807) is 17.5 Å². The minimum Gasteiger partial charge on any atom is -0.344 e. The average Bonchev–Trinajstić information content (AvgIpc) is 2.95. The van der Waals surface area contributed by atoms with Gasteiger partial charge in [-0.25, -0.2) is 13.2 Å². The van der Waals surface area contributed by atoms with E-state index in [4.69, 9.17) is 0 Å². The lowest BCUT2D eigenvalue weighted by molar-refractivity contribution is 0.0899. The molecule has 0 atom stereocenters. The summed E-state index contributed by atoms with van der Waals surface area (Å²) >= 11 is 1.18. The number of hydrogen-bond donors (Lipinski definition) is 1. The van der Waals surface area contributed by atoms with Crippen molar-refractivity contribution in [2.45, 2.75) is 0 Å². The zero-order chi connectivity index (χ0) is 14.7. The summed E-state index contributed by atoms with van der Waals surface area (Å²) in [5, 5.41) is 3.75. The molecule has 2 rings (SSSR count). The summed E-state index contributed by atoms with van der Waals surface area (Å²) in [7, 11) is 0. The Morgan fingerprint density at radius 3 is 2.45 bits per heavy atom. The summed E-state index contributed by atoms with van der Waals surface area (Å²) in [6.45, 7) is -0.422. The molecular formula is C13H8F3NO2S. The van der Waals surface area contributed by atoms with E-state index >= 15 is 0 Å². The van der Waals surface area contributed by atoms with Gasteiger partial charge in [-0.15, -0.1) is 11.3 Å². The molecule has 0 saturated carbocycles. The predicted molar refractivity (Wildman–Crippen MR) is 67.3 cm³/mol. The number of halogens is 3. The molecular weight excluding hydrogens is 291 g/mol. The zero-order valence-corrected chi connectivity index (χ0v) is 10.8. The van der Waals surface area contributed by atoms with Gasteiger partial charge in [0.1, 0.15) is 11.4 Å². The van der Waals surface area contributed by atoms with Crippen LogP contribution in [0.1, 0.15) is 20.0 Å². The number of carbonyl (C=O) groups is 2. The van der Waals surface area contributed by atoms with Gasteiger partial charge in [0, 0.05) is 0 Å². The van der Waals surface area contributed by atoms with E-state index in [2.05, 4.69) is 5.32 Å². The Hall–Kier alpha value is -2.15. The van der Waals surface area contributed by atoms with Crippen molar-refractivity contribution in [2.24, 2.45) is 0 Å². The molecule has 1 aromatic carbocycles. The van der Waals surface area contributed by atoms with Crippen LogP contribution in [0, 0.1) is 17.5 Å². The largest absolute Gasteiger partial charge is 0.344 e. The van der Waals surface area contributed by atoms with Crippen LogP contribution in [0.4, 0.5) is 13.2 Å². The Bertz CT molecular complexity index is 656. The number of benzene rings is 1. The first-order valence-electron chi connectivity index (χ1n) is 5.49. The monoisotopic (exact) mass is 299 g/mol. The van der Waals surface area contributed by atoms with Gasteiger partial charge in [-0.05, 0) is 23.6 Å². The maximum absolute atomic E-state index is 13.4. The number of Topliss-reactive ketones (excluding diaryl/α,β-unsaturated/α-hetero) is 1. The summed E-state index contributed by atoms with van der Waals surface area (Å²) in [4.78, 5) is 23.6. The van der Waals surface area contributed by atoms with Crippen molar-refractivity contribution in [1.82, 2.24) is 5.32 Å². The molecule has 1 N–H and O–H groups in total. The Balaban J connectivity index is 2.10. The molecule has 0 fully saturated rings. The summed E-state index contributed by atoms with van der Waals surface area (Å²) in [6.07, 6.45) is 0. The summed E-state index contributed by atoms with van der Waals surface area (Å²) in [5.41, 5.74) is -1.04. The van der Waals surface area contributed by atoms with Crippen molar-refractivity contribution in [2.75, 3.05) is 6.54 Å². The van der Waals surface area contributed by atoms with Gasteiger partial charge in [-0.2, -0.15) is 0 Å². The highest BCUT2D eigenvalue weighted by atomic mass is 32.1. The Morgan fingerprint density at radius 2 is 1.80 bits per heavy atom. The van der Waals surface area contributed by atoms with Crippen LogP contribution < -0.4 is 5.32 Å². The summed E-state index contributed by atoms with van der Waals surface area (Å²) in [5.74, 6) is -5.67. The number of amides is 1. The maximum atomic E-state index is 13.4. The number of thiophene rings is 1. The number of nitrogens with one attached hydrogen (secondary N) is 1. The van der Waals surface area contributed by atoms with Crippen LogP contribution in [0.5, 0.6) is 0 Å². The highest BCUT2D eigenvalue weighted by Crippen LogP contribution is 2.15. The van der Waals surface area contributed by atoms with Crippen LogP contribution >= 0.6 is 11.3 Å². The highest BCUT2D eigenvalue weighted by Gasteiger charge is 2.21. The SMILES string of the molecule is O=C(CNC(=O)c1c(F)ccc(F)c1F)c1cccs1. The van der Waals surface area contributed by atoms with Gasteiger partial charge in [0.25, 0.3) is 5.91 Å². The molecule has 2 aromatic rings. The van der Waals surface area contributed by atoms with Crippen LogP contribution in [0.2, 0.25) is 0 Å². The van der Waals surface area contributed by atoms with Gasteiger partial charge in [0.15, 0.2) is 17.4 Å². The molecule has 104 valence electrons. The topological polar surface area (TPSA) is 46.2 Å². The fraction of sp³-hybridized carbons (Fsp3) is 0.0769. The Kier molecular flexibility index (Phi) is 4.19. The van der Waals surface area contributed by atoms with E-state index in [1.165, 1.54) is 11.3 Å². The molecule has 0 bridgehead atoms. The van der Waals surface area contributed by atoms with Crippen LogP contribution in [-0.4, -0.2) is 18.2 Å². The number of ketones is 1. The Morgan fingerprint density at radius 1 is 1.10 bits per heavy atom. The molecule has 1 aromatic heterocycles. The van der Waals surface area contributed by atoms with E-state index in [-0.39, 0.29) is 0 Å². The average molecular weight is 299 g/mol. The zero-order valence-electron chi connectivity index (χ0n) is 9.95. The molecule has 20 heavy (non-hydrogen) atoms. The molecule has 0 aliphatic rings. The first-order chi connectivity index (χ1) is 9.50. The van der Waals surface area contributed by atoms with Gasteiger partial charge in [-0.1, -0.05) is 6.07 Å². The Labute approximate surface area is 116 Å². The smallest absolute Gasteiger partial charge is 0.257 e. The lowest BCUT2D eigenvalue weighted by Crippen LogP contribution is -2.30. The first kappa shape index (κ1) is 14.3. The number of carbonyl (C=O) groups excluding carboxylic acids is 2. The summed E-state index contributed by atoms with van der Waals surface area (Å²) < 4.78 is 39.6. The molecule has 0 saturated heterocycles. The fourth-order valence-electron chi connectivity index (χ4n) is 1.51. The van der Waals surface area contributed by atoms with Crippen molar-refractivity contribution in [1.29, 1.82) is 0 Å². The van der Waals surface area contributed by atoms with Crippen LogP contribution in [-0.2, 0) is 0 Å². The second-order valence-electron chi connectivity index (χ2n) is 3.80. The third-order valence-corrected chi connectivity index (χ3v) is 3.39. The van der Waals surface area contributed by atoms with Crippen LogP contribution in [0.15, 0.2) is 29.6 Å². The normalized spacial score (nSPS) is 10.3. The van der Waals surface area contributed by atoms with Crippen molar-refractivity contribution >= 4 is 23.0 Å². The van der Waals surface area contributed by atoms with Crippen molar-refractivity contribution in [3.63, 3.8) is 0 Å². The quantitative estimate of drug-likeness (QED) is 0.697. The minimum atomic E-state index is -1.58. The van der Waals surface area contributed by atoms with E-state index < -0.39 is 41.3 Å². The fourth-order valence-corrected chi connectivity index (χ4v) is 2.17. The lowest BCUT2D eigenvalue weighted by Gasteiger charge is -2.06. The van der Waals surface area contributed by atoms with Crippen molar-refractivity contribution in [3.05, 3.63) is 57.5 Å². The molecule has 0 aliphatic carbocycles. The minimum absolute atomic E-state index is 0.398. The van der Waals surface area contributed by atoms with Crippen molar-refractivity contribution in [3.8, 4) is 0 Å². The molecule has 1 heterocycles. The lowest BCUT2D eigenvalue weighted by atomic mass is 10.1. The van der Waals surface area contributed by atoms with Gasteiger partial charge >= 0.3 is 0 Å². The van der Waals surface area contributed by atoms with E-state index in [9.17, 15) is 22.8 Å². The van der Waals surface area contributed by atoms with Gasteiger partial charge in [-0.3, -0.25) is 9.59 Å². The van der Waals surface area contributed by atoms with E-state index in [1.807, 2.05) is 0 Å². The number of rotatable bonds is 4. The molecule has 0 spiro atoms. The van der Waals surface area contributed by atoms with Crippen LogP contribution in [0.25, 0.3) is 0 Å². The second kappa shape index (κ2) is 5.87. The maximum Gasteiger partial charge on any atom is 0.257 e. The third kappa shape index (κ3) is 2.88.